The predicted octanol–water partition coefficient (Wildman–Crippen LogP) is 2.19. The molecule has 0 fully saturated rings. The molecule has 0 aliphatic heterocycles. The highest BCUT2D eigenvalue weighted by molar-refractivity contribution is 6.67. The number of hydrogen-bond donors (Lipinski definition) is 1. The van der Waals surface area contributed by atoms with Gasteiger partial charge >= 0.3 is 5.63 Å². The summed E-state index contributed by atoms with van der Waals surface area (Å²) in [5, 5.41) is 9.11. The van der Waals surface area contributed by atoms with E-state index in [4.69, 9.17) is 16.0 Å². The first-order chi connectivity index (χ1) is 7.50. The molecule has 1 aromatic heterocycles. The second-order valence-corrected chi connectivity index (χ2v) is 3.69. The normalized spacial score (nSPS) is 10.6. The summed E-state index contributed by atoms with van der Waals surface area (Å²) in [7, 11) is 0. The maximum atomic E-state index is 11.4. The quantitative estimate of drug-likeness (QED) is 0.611. The van der Waals surface area contributed by atoms with E-state index in [1.807, 2.05) is 0 Å². The zero-order valence-electron chi connectivity index (χ0n) is 8.28. The van der Waals surface area contributed by atoms with Crippen LogP contribution in [0.5, 0.6) is 5.75 Å². The molecule has 2 rings (SSSR count). The van der Waals surface area contributed by atoms with Crippen molar-refractivity contribution < 1.29 is 14.3 Å². The lowest BCUT2D eigenvalue weighted by Crippen LogP contribution is -2.09. The summed E-state index contributed by atoms with van der Waals surface area (Å²) in [6.45, 7) is 1.61. The van der Waals surface area contributed by atoms with Crippen molar-refractivity contribution in [3.63, 3.8) is 0 Å². The van der Waals surface area contributed by atoms with Gasteiger partial charge in [0.15, 0.2) is 0 Å². The van der Waals surface area contributed by atoms with Crippen molar-refractivity contribution in [1.82, 2.24) is 0 Å². The Kier molecular flexibility index (Phi) is 2.44. The van der Waals surface area contributed by atoms with Crippen LogP contribution in [0.3, 0.4) is 0 Å². The molecule has 0 spiro atoms. The average molecular weight is 239 g/mol. The van der Waals surface area contributed by atoms with Gasteiger partial charge in [-0.15, -0.1) is 0 Å². The van der Waals surface area contributed by atoms with E-state index in [-0.39, 0.29) is 16.9 Å². The summed E-state index contributed by atoms with van der Waals surface area (Å²) in [6.07, 6.45) is 0. The van der Waals surface area contributed by atoms with Crippen LogP contribution in [-0.2, 0) is 0 Å². The highest BCUT2D eigenvalue weighted by Gasteiger charge is 2.13. The number of aromatic hydroxyl groups is 1. The van der Waals surface area contributed by atoms with Gasteiger partial charge in [0, 0.05) is 10.9 Å². The summed E-state index contributed by atoms with van der Waals surface area (Å²) in [5.41, 5.74) is -0.310. The number of phenols is 1. The molecular formula is C11H7ClO4. The van der Waals surface area contributed by atoms with Gasteiger partial charge in [-0.3, -0.25) is 4.79 Å². The molecule has 0 aliphatic carbocycles. The van der Waals surface area contributed by atoms with Crippen LogP contribution in [0.4, 0.5) is 0 Å². The van der Waals surface area contributed by atoms with Crippen molar-refractivity contribution >= 4 is 27.8 Å². The molecule has 0 atom stereocenters. The molecule has 4 nitrogen and oxygen atoms in total. The fraction of sp³-hybridized carbons (Fsp3) is 0.0909. The van der Waals surface area contributed by atoms with Crippen LogP contribution >= 0.6 is 11.6 Å². The molecule has 0 unspecified atom stereocenters. The van der Waals surface area contributed by atoms with E-state index < -0.39 is 10.9 Å². The highest BCUT2D eigenvalue weighted by Crippen LogP contribution is 2.25. The van der Waals surface area contributed by atoms with E-state index in [0.717, 1.165) is 0 Å². The summed E-state index contributed by atoms with van der Waals surface area (Å²) < 4.78 is 4.94. The molecule has 16 heavy (non-hydrogen) atoms. The molecular weight excluding hydrogens is 232 g/mol. The lowest BCUT2D eigenvalue weighted by Gasteiger charge is -2.03. The number of carbonyl (C=O) groups excluding carboxylic acids is 1. The van der Waals surface area contributed by atoms with Gasteiger partial charge in [0.1, 0.15) is 16.9 Å². The first kappa shape index (κ1) is 10.7. The number of carbonyl (C=O) groups is 1. The van der Waals surface area contributed by atoms with Gasteiger partial charge in [0.2, 0.25) is 0 Å². The smallest absolute Gasteiger partial charge is 0.348 e. The predicted molar refractivity (Wildman–Crippen MR) is 59.1 cm³/mol. The van der Waals surface area contributed by atoms with Gasteiger partial charge in [-0.25, -0.2) is 4.79 Å². The van der Waals surface area contributed by atoms with Crippen molar-refractivity contribution in [2.45, 2.75) is 6.92 Å². The highest BCUT2D eigenvalue weighted by atomic mass is 35.5. The minimum atomic E-state index is -0.860. The van der Waals surface area contributed by atoms with E-state index in [2.05, 4.69) is 0 Å². The van der Waals surface area contributed by atoms with Crippen molar-refractivity contribution in [2.24, 2.45) is 0 Å². The Morgan fingerprint density at radius 3 is 2.75 bits per heavy atom. The van der Waals surface area contributed by atoms with Gasteiger partial charge in [0.05, 0.1) is 0 Å². The SMILES string of the molecule is Cc1c(O)ccc2cc(C(=O)Cl)c(=O)oc12. The zero-order chi connectivity index (χ0) is 11.9. The molecule has 1 N–H and O–H groups in total. The third kappa shape index (κ3) is 1.57. The number of phenolic OH excluding ortho intramolecular Hbond substituents is 1. The topological polar surface area (TPSA) is 67.5 Å². The van der Waals surface area contributed by atoms with Crippen LogP contribution in [0.15, 0.2) is 27.4 Å². The number of rotatable bonds is 1. The maximum absolute atomic E-state index is 11.4. The Bertz CT molecular complexity index is 642. The Balaban J connectivity index is 2.89. The van der Waals surface area contributed by atoms with E-state index in [9.17, 15) is 14.7 Å². The molecule has 82 valence electrons. The van der Waals surface area contributed by atoms with Crippen molar-refractivity contribution in [3.05, 3.63) is 39.7 Å². The van der Waals surface area contributed by atoms with Gasteiger partial charge in [-0.1, -0.05) is 0 Å². The van der Waals surface area contributed by atoms with Crippen LogP contribution in [-0.4, -0.2) is 10.3 Å². The number of hydrogen-bond acceptors (Lipinski definition) is 4. The largest absolute Gasteiger partial charge is 0.508 e. The minimum Gasteiger partial charge on any atom is -0.508 e. The summed E-state index contributed by atoms with van der Waals surface area (Å²) in [4.78, 5) is 22.3. The first-order valence-electron chi connectivity index (χ1n) is 4.47. The van der Waals surface area contributed by atoms with Crippen LogP contribution in [0.25, 0.3) is 11.0 Å². The van der Waals surface area contributed by atoms with E-state index in [1.165, 1.54) is 12.1 Å². The standard InChI is InChI=1S/C11H7ClO4/c1-5-8(13)3-2-6-4-7(10(12)14)11(15)16-9(5)6/h2-4,13H,1H3. The molecule has 0 bridgehead atoms. The molecule has 0 amide bonds. The molecule has 2 aromatic rings. The third-order valence-electron chi connectivity index (χ3n) is 2.33. The Hall–Kier alpha value is -1.81. The summed E-state index contributed by atoms with van der Waals surface area (Å²) in [6, 6.07) is 4.35. The molecule has 0 saturated carbocycles. The maximum Gasteiger partial charge on any atom is 0.348 e. The minimum absolute atomic E-state index is 0.0283. The van der Waals surface area contributed by atoms with Gasteiger partial charge in [0.25, 0.3) is 5.24 Å². The van der Waals surface area contributed by atoms with E-state index in [1.54, 1.807) is 13.0 Å². The lowest BCUT2D eigenvalue weighted by molar-refractivity contribution is 0.107. The average Bonchev–Trinajstić information content (AvgIpc) is 2.23. The molecule has 1 aromatic carbocycles. The first-order valence-corrected chi connectivity index (χ1v) is 4.85. The molecule has 0 radical (unpaired) electrons. The van der Waals surface area contributed by atoms with Crippen LogP contribution < -0.4 is 5.63 Å². The Morgan fingerprint density at radius 2 is 2.12 bits per heavy atom. The zero-order valence-corrected chi connectivity index (χ0v) is 9.04. The summed E-state index contributed by atoms with van der Waals surface area (Å²) >= 11 is 5.23. The molecule has 0 aliphatic rings. The fourth-order valence-electron chi connectivity index (χ4n) is 1.45. The molecule has 5 heteroatoms. The number of halogens is 1. The monoisotopic (exact) mass is 238 g/mol. The Morgan fingerprint density at radius 1 is 1.44 bits per heavy atom. The Labute approximate surface area is 95.1 Å². The van der Waals surface area contributed by atoms with Crippen molar-refractivity contribution in [1.29, 1.82) is 0 Å². The van der Waals surface area contributed by atoms with Crippen LogP contribution in [0.2, 0.25) is 0 Å². The van der Waals surface area contributed by atoms with Gasteiger partial charge < -0.3 is 9.52 Å². The van der Waals surface area contributed by atoms with Gasteiger partial charge in [-0.05, 0) is 36.7 Å². The van der Waals surface area contributed by atoms with E-state index >= 15 is 0 Å². The molecule has 0 saturated heterocycles. The van der Waals surface area contributed by atoms with Crippen molar-refractivity contribution in [3.8, 4) is 5.75 Å². The van der Waals surface area contributed by atoms with Crippen LogP contribution in [0.1, 0.15) is 15.9 Å². The number of aryl methyl sites for hydroxylation is 1. The van der Waals surface area contributed by atoms with E-state index in [0.29, 0.717) is 10.9 Å². The third-order valence-corrected chi connectivity index (χ3v) is 2.54. The van der Waals surface area contributed by atoms with Gasteiger partial charge in [-0.2, -0.15) is 0 Å². The second kappa shape index (κ2) is 3.64. The molecule has 1 heterocycles. The summed E-state index contributed by atoms with van der Waals surface area (Å²) in [5.74, 6) is 0.0283. The number of benzene rings is 1. The fourth-order valence-corrected chi connectivity index (χ4v) is 1.58. The van der Waals surface area contributed by atoms with Crippen molar-refractivity contribution in [2.75, 3.05) is 0 Å². The number of fused-ring (bicyclic) bond motifs is 1. The second-order valence-electron chi connectivity index (χ2n) is 3.35. The lowest BCUT2D eigenvalue weighted by atomic mass is 10.1. The van der Waals surface area contributed by atoms with Crippen LogP contribution in [0, 0.1) is 6.92 Å².